The summed E-state index contributed by atoms with van der Waals surface area (Å²) in [6.45, 7) is 12.8. The Morgan fingerprint density at radius 2 is 0.923 bits per heavy atom. The summed E-state index contributed by atoms with van der Waals surface area (Å²) in [7, 11) is 0. The lowest BCUT2D eigenvalue weighted by Gasteiger charge is -2.31. The van der Waals surface area contributed by atoms with Crippen LogP contribution in [0.4, 0.5) is 47.3 Å². The zero-order valence-electron chi connectivity index (χ0n) is 29.7. The molecule has 5 nitrogen and oxygen atoms in total. The molecule has 0 aliphatic carbocycles. The van der Waals surface area contributed by atoms with E-state index in [-0.39, 0.29) is 10.8 Å². The van der Waals surface area contributed by atoms with E-state index >= 15 is 0 Å². The van der Waals surface area contributed by atoms with Crippen molar-refractivity contribution in [1.82, 2.24) is 0 Å². The highest BCUT2D eigenvalue weighted by molar-refractivity contribution is 9.10. The van der Waals surface area contributed by atoms with Crippen LogP contribution >= 0.6 is 15.9 Å². The van der Waals surface area contributed by atoms with Crippen molar-refractivity contribution in [3.8, 4) is 5.75 Å². The molecule has 7 rings (SSSR count). The molecule has 0 radical (unpaired) electrons. The highest BCUT2D eigenvalue weighted by Crippen LogP contribution is 2.52. The van der Waals surface area contributed by atoms with Crippen LogP contribution in [0, 0.1) is 0 Å². The highest BCUT2D eigenvalue weighted by Gasteiger charge is 2.34. The fourth-order valence-electron chi connectivity index (χ4n) is 6.40. The number of halogens is 4. The lowest BCUT2D eigenvalue weighted by molar-refractivity contribution is -0.274. The van der Waals surface area contributed by atoms with Gasteiger partial charge in [-0.1, -0.05) is 90.1 Å². The molecule has 0 unspecified atom stereocenters. The first-order chi connectivity index (χ1) is 24.6. The number of rotatable bonds is 7. The van der Waals surface area contributed by atoms with E-state index < -0.39 is 12.1 Å². The van der Waals surface area contributed by atoms with Crippen molar-refractivity contribution in [2.75, 3.05) is 9.80 Å². The molecule has 0 amide bonds. The predicted octanol–water partition coefficient (Wildman–Crippen LogP) is 14.4. The van der Waals surface area contributed by atoms with Gasteiger partial charge in [0.05, 0.1) is 27.2 Å². The van der Waals surface area contributed by atoms with E-state index in [1.54, 1.807) is 12.5 Å². The molecule has 0 bridgehead atoms. The van der Waals surface area contributed by atoms with Gasteiger partial charge >= 0.3 is 6.36 Å². The van der Waals surface area contributed by atoms with Crippen molar-refractivity contribution in [2.24, 2.45) is 0 Å². The molecular formula is C43H38BrF3N2O3. The van der Waals surface area contributed by atoms with Crippen LogP contribution in [0.3, 0.4) is 0 Å². The average molecular weight is 768 g/mol. The number of anilines is 6. The normalized spacial score (nSPS) is 12.4. The zero-order chi connectivity index (χ0) is 37.0. The number of benzene rings is 5. The van der Waals surface area contributed by atoms with Crippen molar-refractivity contribution in [1.29, 1.82) is 0 Å². The van der Waals surface area contributed by atoms with Crippen LogP contribution in [0.5, 0.6) is 5.75 Å². The van der Waals surface area contributed by atoms with Gasteiger partial charge in [-0.05, 0) is 86.4 Å². The molecule has 7 aromatic rings. The van der Waals surface area contributed by atoms with Crippen molar-refractivity contribution in [3.05, 3.63) is 137 Å². The first kappa shape index (κ1) is 35.3. The van der Waals surface area contributed by atoms with Gasteiger partial charge in [-0.3, -0.25) is 0 Å². The summed E-state index contributed by atoms with van der Waals surface area (Å²) in [6, 6.07) is 34.0. The highest BCUT2D eigenvalue weighted by atomic mass is 79.9. The molecule has 0 saturated heterocycles. The third-order valence-corrected chi connectivity index (χ3v) is 9.92. The third kappa shape index (κ3) is 6.89. The number of alkyl halides is 3. The molecule has 9 heteroatoms. The van der Waals surface area contributed by atoms with E-state index in [2.05, 4.69) is 57.5 Å². The lowest BCUT2D eigenvalue weighted by Crippen LogP contribution is -2.19. The quantitative estimate of drug-likeness (QED) is 0.162. The molecule has 0 atom stereocenters. The molecule has 266 valence electrons. The average Bonchev–Trinajstić information content (AvgIpc) is 3.71. The summed E-state index contributed by atoms with van der Waals surface area (Å²) in [5.41, 5.74) is 6.78. The Hall–Kier alpha value is -5.15. The van der Waals surface area contributed by atoms with Gasteiger partial charge in [0.15, 0.2) is 0 Å². The van der Waals surface area contributed by atoms with Crippen LogP contribution in [-0.4, -0.2) is 6.36 Å². The molecule has 2 heterocycles. The van der Waals surface area contributed by atoms with Crippen LogP contribution in [0.1, 0.15) is 52.7 Å². The number of para-hydroxylation sites is 2. The summed E-state index contributed by atoms with van der Waals surface area (Å²) < 4.78 is 59.7. The SMILES string of the molecule is CC(C)(C)c1ccc(N(c2cc(OC(F)(F)F)cc(N(c3ccc(C(C)(C)C)cc3)c3coc4ccccc34)c2Br)c2coc3ccccc23)cc1. The molecule has 0 aliphatic heterocycles. The fourth-order valence-corrected chi connectivity index (χ4v) is 6.98. The molecule has 2 aromatic heterocycles. The van der Waals surface area contributed by atoms with Gasteiger partial charge in [0, 0.05) is 34.3 Å². The molecule has 5 aromatic carbocycles. The first-order valence-electron chi connectivity index (χ1n) is 16.9. The second-order valence-electron chi connectivity index (χ2n) is 14.8. The predicted molar refractivity (Wildman–Crippen MR) is 207 cm³/mol. The topological polar surface area (TPSA) is 42.0 Å². The molecule has 0 spiro atoms. The van der Waals surface area contributed by atoms with Crippen LogP contribution in [0.2, 0.25) is 0 Å². The van der Waals surface area contributed by atoms with E-state index in [9.17, 15) is 13.2 Å². The smallest absolute Gasteiger partial charge is 0.462 e. The Kier molecular flexibility index (Phi) is 8.90. The second-order valence-corrected chi connectivity index (χ2v) is 15.6. The minimum atomic E-state index is -4.95. The van der Waals surface area contributed by atoms with E-state index in [0.717, 1.165) is 21.9 Å². The van der Waals surface area contributed by atoms with Gasteiger partial charge in [-0.2, -0.15) is 0 Å². The number of nitrogens with zero attached hydrogens (tertiary/aromatic N) is 2. The van der Waals surface area contributed by atoms with Crippen molar-refractivity contribution in [3.63, 3.8) is 0 Å². The summed E-state index contributed by atoms with van der Waals surface area (Å²) in [6.07, 6.45) is -1.71. The standard InChI is InChI=1S/C43H38BrF3N2O3/c1-41(2,3)27-15-19-29(20-16-27)48(36-25-50-38-13-9-7-11-32(36)38)34-23-31(52-43(45,46)47)24-35(40(34)44)49(30-21-17-28(18-22-30)42(4,5)6)37-26-51-39-14-10-8-12-33(37)39/h7-26H,1-6H3. The van der Waals surface area contributed by atoms with E-state index in [1.807, 2.05) is 107 Å². The molecule has 52 heavy (non-hydrogen) atoms. The van der Waals surface area contributed by atoms with Gasteiger partial charge in [-0.15, -0.1) is 13.2 Å². The summed E-state index contributed by atoms with van der Waals surface area (Å²) in [5.74, 6) is -0.395. The number of ether oxygens (including phenoxy) is 1. The largest absolute Gasteiger partial charge is 0.573 e. The maximum absolute atomic E-state index is 14.1. The van der Waals surface area contributed by atoms with Crippen molar-refractivity contribution < 1.29 is 26.7 Å². The molecular weight excluding hydrogens is 729 g/mol. The van der Waals surface area contributed by atoms with Gasteiger partial charge in [0.25, 0.3) is 0 Å². The fraction of sp³-hybridized carbons (Fsp3) is 0.209. The van der Waals surface area contributed by atoms with Gasteiger partial charge in [-0.25, -0.2) is 0 Å². The monoisotopic (exact) mass is 766 g/mol. The Labute approximate surface area is 309 Å². The van der Waals surface area contributed by atoms with E-state index in [1.165, 1.54) is 12.1 Å². The summed E-state index contributed by atoms with van der Waals surface area (Å²) in [4.78, 5) is 3.78. The van der Waals surface area contributed by atoms with Crippen LogP contribution in [0.15, 0.2) is 135 Å². The Balaban J connectivity index is 1.52. The minimum absolute atomic E-state index is 0.115. The maximum atomic E-state index is 14.1. The first-order valence-corrected chi connectivity index (χ1v) is 17.7. The van der Waals surface area contributed by atoms with E-state index in [4.69, 9.17) is 13.6 Å². The minimum Gasteiger partial charge on any atom is -0.462 e. The van der Waals surface area contributed by atoms with Crippen LogP contribution in [-0.2, 0) is 10.8 Å². The Morgan fingerprint density at radius 1 is 0.538 bits per heavy atom. The van der Waals surface area contributed by atoms with Crippen LogP contribution < -0.4 is 14.5 Å². The summed E-state index contributed by atoms with van der Waals surface area (Å²) >= 11 is 3.90. The molecule has 0 saturated carbocycles. The maximum Gasteiger partial charge on any atom is 0.573 e. The summed E-state index contributed by atoms with van der Waals surface area (Å²) in [5, 5.41) is 1.57. The lowest BCUT2D eigenvalue weighted by atomic mass is 9.87. The Bertz CT molecular complexity index is 2210. The number of furan rings is 2. The molecule has 0 N–H and O–H groups in total. The van der Waals surface area contributed by atoms with Crippen molar-refractivity contribution in [2.45, 2.75) is 58.7 Å². The number of fused-ring (bicyclic) bond motifs is 2. The third-order valence-electron chi connectivity index (χ3n) is 9.11. The number of hydrogen-bond donors (Lipinski definition) is 0. The van der Waals surface area contributed by atoms with Gasteiger partial charge in [0.2, 0.25) is 0 Å². The van der Waals surface area contributed by atoms with E-state index in [0.29, 0.717) is 49.8 Å². The molecule has 0 aliphatic rings. The zero-order valence-corrected chi connectivity index (χ0v) is 31.3. The number of hydrogen-bond acceptors (Lipinski definition) is 5. The molecule has 0 fully saturated rings. The second kappa shape index (κ2) is 13.1. The van der Waals surface area contributed by atoms with Crippen LogP contribution in [0.25, 0.3) is 21.9 Å². The Morgan fingerprint density at radius 3 is 1.29 bits per heavy atom. The van der Waals surface area contributed by atoms with Crippen molar-refractivity contribution >= 4 is 72.0 Å². The van der Waals surface area contributed by atoms with Gasteiger partial charge < -0.3 is 23.4 Å². The van der Waals surface area contributed by atoms with Gasteiger partial charge in [0.1, 0.15) is 29.4 Å².